The molecule has 1 heterocycles. The Kier molecular flexibility index (Phi) is 5.77. The monoisotopic (exact) mass is 290 g/mol. The highest BCUT2D eigenvalue weighted by molar-refractivity contribution is 7.99. The summed E-state index contributed by atoms with van der Waals surface area (Å²) >= 11 is 2.82. The summed E-state index contributed by atoms with van der Waals surface area (Å²) in [6, 6.07) is 0.143. The average molecular weight is 290 g/mol. The van der Waals surface area contributed by atoms with Gasteiger partial charge in [-0.1, -0.05) is 0 Å². The van der Waals surface area contributed by atoms with E-state index in [9.17, 15) is 4.79 Å². The number of hydrogen-bond donors (Lipinski definition) is 2. The lowest BCUT2D eigenvalue weighted by molar-refractivity contribution is 0.0607. The maximum atomic E-state index is 11.6. The Morgan fingerprint density at radius 3 is 2.72 bits per heavy atom. The van der Waals surface area contributed by atoms with Gasteiger partial charge in [0.25, 0.3) is 0 Å². The van der Waals surface area contributed by atoms with Gasteiger partial charge in [-0.25, -0.2) is 4.79 Å². The molecule has 0 saturated carbocycles. The number of hydrogen-bond acceptors (Lipinski definition) is 7. The molecule has 0 aliphatic carbocycles. The van der Waals surface area contributed by atoms with Crippen LogP contribution in [0.1, 0.15) is 16.6 Å². The molecule has 0 fully saturated rings. The summed E-state index contributed by atoms with van der Waals surface area (Å²) in [6.45, 7) is 2.58. The zero-order valence-electron chi connectivity index (χ0n) is 10.9. The molecule has 7 heteroatoms. The van der Waals surface area contributed by atoms with Crippen molar-refractivity contribution in [2.24, 2.45) is 0 Å². The van der Waals surface area contributed by atoms with E-state index in [2.05, 4.69) is 5.32 Å². The highest BCUT2D eigenvalue weighted by atomic mass is 32.2. The van der Waals surface area contributed by atoms with Crippen molar-refractivity contribution in [2.45, 2.75) is 17.9 Å². The summed E-state index contributed by atoms with van der Waals surface area (Å²) in [7, 11) is 3.00. The number of anilines is 2. The summed E-state index contributed by atoms with van der Waals surface area (Å²) < 4.78 is 9.78. The van der Waals surface area contributed by atoms with Crippen LogP contribution in [0.3, 0.4) is 0 Å². The highest BCUT2D eigenvalue weighted by Gasteiger charge is 2.21. The van der Waals surface area contributed by atoms with Crippen molar-refractivity contribution in [1.29, 1.82) is 0 Å². The summed E-state index contributed by atoms with van der Waals surface area (Å²) in [6.07, 6.45) is 1.92. The lowest BCUT2D eigenvalue weighted by atomic mass is 10.3. The quantitative estimate of drug-likeness (QED) is 0.618. The van der Waals surface area contributed by atoms with Crippen LogP contribution in [0.15, 0.2) is 4.90 Å². The van der Waals surface area contributed by atoms with Crippen molar-refractivity contribution >= 4 is 39.8 Å². The van der Waals surface area contributed by atoms with Crippen LogP contribution >= 0.6 is 23.1 Å². The molecule has 18 heavy (non-hydrogen) atoms. The third kappa shape index (κ3) is 3.30. The summed E-state index contributed by atoms with van der Waals surface area (Å²) in [5, 5.41) is 4.17. The van der Waals surface area contributed by atoms with Crippen LogP contribution in [0.4, 0.5) is 10.7 Å². The Bertz CT molecular complexity index is 421. The Morgan fingerprint density at radius 2 is 2.22 bits per heavy atom. The van der Waals surface area contributed by atoms with E-state index in [1.54, 1.807) is 7.11 Å². The van der Waals surface area contributed by atoms with Crippen molar-refractivity contribution in [3.63, 3.8) is 0 Å². The van der Waals surface area contributed by atoms with Gasteiger partial charge in [0.1, 0.15) is 9.88 Å². The first kappa shape index (κ1) is 15.1. The Labute approximate surface area is 115 Å². The number of esters is 1. The second-order valence-corrected chi connectivity index (χ2v) is 5.54. The van der Waals surface area contributed by atoms with E-state index < -0.39 is 5.97 Å². The van der Waals surface area contributed by atoms with E-state index in [0.717, 1.165) is 9.90 Å². The first-order valence-electron chi connectivity index (χ1n) is 5.35. The van der Waals surface area contributed by atoms with E-state index in [0.29, 0.717) is 17.2 Å². The maximum absolute atomic E-state index is 11.6. The molecular weight excluding hydrogens is 272 g/mol. The molecule has 1 rings (SSSR count). The maximum Gasteiger partial charge on any atom is 0.350 e. The molecule has 0 spiro atoms. The molecule has 0 aliphatic rings. The molecule has 0 saturated heterocycles. The largest absolute Gasteiger partial charge is 0.465 e. The molecule has 0 aliphatic heterocycles. The van der Waals surface area contributed by atoms with Gasteiger partial charge in [0.2, 0.25) is 0 Å². The molecule has 5 nitrogen and oxygen atoms in total. The zero-order chi connectivity index (χ0) is 13.7. The van der Waals surface area contributed by atoms with E-state index >= 15 is 0 Å². The average Bonchev–Trinajstić information content (AvgIpc) is 2.65. The van der Waals surface area contributed by atoms with Gasteiger partial charge in [0.15, 0.2) is 0 Å². The number of thioether (sulfide) groups is 1. The van der Waals surface area contributed by atoms with Gasteiger partial charge < -0.3 is 20.5 Å². The lowest BCUT2D eigenvalue weighted by Crippen LogP contribution is -2.20. The number of ether oxygens (including phenoxy) is 2. The van der Waals surface area contributed by atoms with E-state index in [4.69, 9.17) is 15.2 Å². The predicted molar refractivity (Wildman–Crippen MR) is 76.8 cm³/mol. The molecule has 0 radical (unpaired) electrons. The van der Waals surface area contributed by atoms with Crippen molar-refractivity contribution in [3.05, 3.63) is 4.88 Å². The smallest absolute Gasteiger partial charge is 0.350 e. The topological polar surface area (TPSA) is 73.6 Å². The van der Waals surface area contributed by atoms with Crippen molar-refractivity contribution in [1.82, 2.24) is 0 Å². The van der Waals surface area contributed by atoms with Crippen LogP contribution in [0.5, 0.6) is 0 Å². The third-order valence-corrected chi connectivity index (χ3v) is 4.35. The fourth-order valence-electron chi connectivity index (χ4n) is 1.49. The molecule has 3 N–H and O–H groups in total. The highest BCUT2D eigenvalue weighted by Crippen LogP contribution is 2.42. The lowest BCUT2D eigenvalue weighted by Gasteiger charge is -2.13. The van der Waals surface area contributed by atoms with Crippen LogP contribution in [0, 0.1) is 0 Å². The van der Waals surface area contributed by atoms with Crippen LogP contribution in [0.25, 0.3) is 0 Å². The first-order chi connectivity index (χ1) is 8.54. The molecule has 1 atom stereocenters. The van der Waals surface area contributed by atoms with Gasteiger partial charge in [-0.2, -0.15) is 0 Å². The Balaban J connectivity index is 3.00. The molecule has 1 unspecified atom stereocenters. The number of carbonyl (C=O) groups is 1. The van der Waals surface area contributed by atoms with E-state index in [1.165, 1.54) is 30.2 Å². The minimum Gasteiger partial charge on any atom is -0.465 e. The number of methoxy groups -OCH3 is 2. The molecule has 0 aromatic carbocycles. The molecule has 0 amide bonds. The molecule has 0 bridgehead atoms. The van der Waals surface area contributed by atoms with Crippen molar-refractivity contribution < 1.29 is 14.3 Å². The summed E-state index contributed by atoms with van der Waals surface area (Å²) in [5.74, 6) is -0.403. The molecule has 1 aromatic rings. The van der Waals surface area contributed by atoms with Crippen LogP contribution < -0.4 is 11.1 Å². The zero-order valence-corrected chi connectivity index (χ0v) is 12.5. The van der Waals surface area contributed by atoms with Gasteiger partial charge in [0.05, 0.1) is 24.3 Å². The number of nitrogens with two attached hydrogens (primary N) is 1. The number of nitrogen functional groups attached to an aromatic ring is 1. The standard InChI is InChI=1S/C11H18N2O3S2/c1-6(5-15-2)13-10-8(17-4)7(12)9(18-10)11(14)16-3/h6,13H,5,12H2,1-4H3. The molecule has 102 valence electrons. The Morgan fingerprint density at radius 1 is 1.56 bits per heavy atom. The predicted octanol–water partition coefficient (Wildman–Crippen LogP) is 2.29. The van der Waals surface area contributed by atoms with Gasteiger partial charge in [0, 0.05) is 13.2 Å². The van der Waals surface area contributed by atoms with Gasteiger partial charge >= 0.3 is 5.97 Å². The minimum atomic E-state index is -0.403. The number of carbonyl (C=O) groups excluding carboxylic acids is 1. The summed E-state index contributed by atoms with van der Waals surface area (Å²) in [5.41, 5.74) is 6.44. The first-order valence-corrected chi connectivity index (χ1v) is 7.39. The van der Waals surface area contributed by atoms with Crippen LogP contribution in [-0.4, -0.2) is 39.1 Å². The Hall–Kier alpha value is -0.920. The van der Waals surface area contributed by atoms with Gasteiger partial charge in [-0.3, -0.25) is 0 Å². The SMILES string of the molecule is COCC(C)Nc1sc(C(=O)OC)c(N)c1SC. The molecular formula is C11H18N2O3S2. The minimum absolute atomic E-state index is 0.143. The second kappa shape index (κ2) is 6.86. The second-order valence-electron chi connectivity index (χ2n) is 3.70. The van der Waals surface area contributed by atoms with Crippen molar-refractivity contribution in [2.75, 3.05) is 38.1 Å². The van der Waals surface area contributed by atoms with Crippen LogP contribution in [-0.2, 0) is 9.47 Å². The normalized spacial score (nSPS) is 12.2. The third-order valence-electron chi connectivity index (χ3n) is 2.27. The van der Waals surface area contributed by atoms with E-state index in [-0.39, 0.29) is 6.04 Å². The number of thiophene rings is 1. The van der Waals surface area contributed by atoms with Gasteiger partial charge in [-0.15, -0.1) is 23.1 Å². The van der Waals surface area contributed by atoms with E-state index in [1.807, 2.05) is 13.2 Å². The number of nitrogens with one attached hydrogen (secondary N) is 1. The fraction of sp³-hybridized carbons (Fsp3) is 0.545. The fourth-order valence-corrected chi connectivity index (χ4v) is 3.54. The van der Waals surface area contributed by atoms with Gasteiger partial charge in [-0.05, 0) is 13.2 Å². The summed E-state index contributed by atoms with van der Waals surface area (Å²) in [4.78, 5) is 12.9. The molecule has 1 aromatic heterocycles. The van der Waals surface area contributed by atoms with Crippen LogP contribution in [0.2, 0.25) is 0 Å². The van der Waals surface area contributed by atoms with Crippen molar-refractivity contribution in [3.8, 4) is 0 Å². The number of rotatable bonds is 6.